The third-order valence-corrected chi connectivity index (χ3v) is 3.86. The van der Waals surface area contributed by atoms with Gasteiger partial charge in [-0.1, -0.05) is 6.92 Å². The summed E-state index contributed by atoms with van der Waals surface area (Å²) < 4.78 is 1.84. The lowest BCUT2D eigenvalue weighted by molar-refractivity contribution is 0.482. The van der Waals surface area contributed by atoms with Gasteiger partial charge in [-0.2, -0.15) is 5.10 Å². The highest BCUT2D eigenvalue weighted by Gasteiger charge is 2.14. The highest BCUT2D eigenvalue weighted by molar-refractivity contribution is 7.09. The van der Waals surface area contributed by atoms with Gasteiger partial charge in [-0.15, -0.1) is 11.3 Å². The first-order valence-electron chi connectivity index (χ1n) is 6.66. The van der Waals surface area contributed by atoms with Gasteiger partial charge in [0.15, 0.2) is 0 Å². The Morgan fingerprint density at radius 2 is 2.26 bits per heavy atom. The molecule has 2 aromatic rings. The smallest absolute Gasteiger partial charge is 0.138 e. The maximum Gasteiger partial charge on any atom is 0.138 e. The predicted molar refractivity (Wildman–Crippen MR) is 77.3 cm³/mol. The van der Waals surface area contributed by atoms with Crippen molar-refractivity contribution < 1.29 is 0 Å². The SMILES string of the molecule is CCCNC(Cc1csc(C)n1)Cc1ncnn1C. The molecular weight excluding hydrogens is 258 g/mol. The highest BCUT2D eigenvalue weighted by atomic mass is 32.1. The van der Waals surface area contributed by atoms with Crippen molar-refractivity contribution in [1.29, 1.82) is 0 Å². The Morgan fingerprint density at radius 1 is 1.42 bits per heavy atom. The third kappa shape index (κ3) is 4.11. The molecule has 0 amide bonds. The summed E-state index contributed by atoms with van der Waals surface area (Å²) in [6.07, 6.45) is 4.56. The maximum absolute atomic E-state index is 4.55. The fourth-order valence-corrected chi connectivity index (χ4v) is 2.67. The van der Waals surface area contributed by atoms with Gasteiger partial charge in [0.05, 0.1) is 10.7 Å². The summed E-state index contributed by atoms with van der Waals surface area (Å²) >= 11 is 1.71. The number of aryl methyl sites for hydroxylation is 2. The predicted octanol–water partition coefficient (Wildman–Crippen LogP) is 1.73. The summed E-state index contributed by atoms with van der Waals surface area (Å²) in [6, 6.07) is 0.365. The van der Waals surface area contributed by atoms with Gasteiger partial charge in [-0.3, -0.25) is 4.68 Å². The zero-order chi connectivity index (χ0) is 13.7. The molecule has 2 rings (SSSR count). The molecule has 0 saturated carbocycles. The van der Waals surface area contributed by atoms with Crippen LogP contribution in [0.25, 0.3) is 0 Å². The maximum atomic E-state index is 4.55. The number of nitrogens with zero attached hydrogens (tertiary/aromatic N) is 4. The van der Waals surface area contributed by atoms with E-state index in [2.05, 4.69) is 32.7 Å². The van der Waals surface area contributed by atoms with Crippen LogP contribution in [0.2, 0.25) is 0 Å². The number of hydrogen-bond acceptors (Lipinski definition) is 5. The van der Waals surface area contributed by atoms with Gasteiger partial charge in [0.2, 0.25) is 0 Å². The summed E-state index contributed by atoms with van der Waals surface area (Å²) in [7, 11) is 1.94. The average molecular weight is 279 g/mol. The second-order valence-electron chi connectivity index (χ2n) is 4.72. The fourth-order valence-electron chi connectivity index (χ4n) is 2.04. The van der Waals surface area contributed by atoms with E-state index in [1.807, 2.05) is 18.7 Å². The molecule has 19 heavy (non-hydrogen) atoms. The minimum absolute atomic E-state index is 0.365. The summed E-state index contributed by atoms with van der Waals surface area (Å²) in [5.74, 6) is 1.01. The lowest BCUT2D eigenvalue weighted by Crippen LogP contribution is -2.34. The van der Waals surface area contributed by atoms with Gasteiger partial charge in [-0.25, -0.2) is 9.97 Å². The second-order valence-corrected chi connectivity index (χ2v) is 5.78. The normalized spacial score (nSPS) is 12.8. The van der Waals surface area contributed by atoms with E-state index in [1.165, 1.54) is 5.69 Å². The number of nitrogens with one attached hydrogen (secondary N) is 1. The van der Waals surface area contributed by atoms with Crippen molar-refractivity contribution in [3.63, 3.8) is 0 Å². The average Bonchev–Trinajstić information content (AvgIpc) is 2.96. The van der Waals surface area contributed by atoms with Crippen LogP contribution < -0.4 is 5.32 Å². The van der Waals surface area contributed by atoms with Crippen molar-refractivity contribution >= 4 is 11.3 Å². The standard InChI is InChI=1S/C13H21N5S/c1-4-5-14-11(6-12-8-19-10(2)17-12)7-13-15-9-16-18(13)3/h8-9,11,14H,4-7H2,1-3H3. The molecule has 1 unspecified atom stereocenters. The molecule has 0 fully saturated rings. The van der Waals surface area contributed by atoms with Crippen LogP contribution in [0.1, 0.15) is 29.9 Å². The molecule has 2 heterocycles. The Labute approximate surface area is 118 Å². The molecule has 2 aromatic heterocycles. The number of hydrogen-bond donors (Lipinski definition) is 1. The van der Waals surface area contributed by atoms with Crippen molar-refractivity contribution in [2.45, 2.75) is 39.2 Å². The largest absolute Gasteiger partial charge is 0.313 e. The van der Waals surface area contributed by atoms with Gasteiger partial charge in [0.1, 0.15) is 12.2 Å². The molecule has 0 spiro atoms. The molecule has 6 heteroatoms. The van der Waals surface area contributed by atoms with Crippen LogP contribution in [-0.2, 0) is 19.9 Å². The van der Waals surface area contributed by atoms with Crippen molar-refractivity contribution in [3.8, 4) is 0 Å². The van der Waals surface area contributed by atoms with Crippen molar-refractivity contribution in [1.82, 2.24) is 25.1 Å². The number of thiazole rings is 1. The van der Waals surface area contributed by atoms with Crippen molar-refractivity contribution in [3.05, 3.63) is 28.2 Å². The second kappa shape index (κ2) is 6.77. The monoisotopic (exact) mass is 279 g/mol. The molecule has 1 N–H and O–H groups in total. The van der Waals surface area contributed by atoms with Crippen LogP contribution >= 0.6 is 11.3 Å². The number of aromatic nitrogens is 4. The molecular formula is C13H21N5S. The zero-order valence-corrected chi connectivity index (χ0v) is 12.6. The van der Waals surface area contributed by atoms with Gasteiger partial charge in [0.25, 0.3) is 0 Å². The molecule has 0 aliphatic heterocycles. The lowest BCUT2D eigenvalue weighted by atomic mass is 10.1. The van der Waals surface area contributed by atoms with Crippen molar-refractivity contribution in [2.75, 3.05) is 6.54 Å². The van der Waals surface area contributed by atoms with E-state index in [9.17, 15) is 0 Å². The molecule has 104 valence electrons. The fraction of sp³-hybridized carbons (Fsp3) is 0.615. The number of rotatable bonds is 7. The molecule has 0 aliphatic carbocycles. The van der Waals surface area contributed by atoms with E-state index in [4.69, 9.17) is 0 Å². The van der Waals surface area contributed by atoms with Crippen molar-refractivity contribution in [2.24, 2.45) is 7.05 Å². The van der Waals surface area contributed by atoms with Gasteiger partial charge < -0.3 is 5.32 Å². The third-order valence-electron chi connectivity index (χ3n) is 3.04. The lowest BCUT2D eigenvalue weighted by Gasteiger charge is -2.17. The Bertz CT molecular complexity index is 505. The Hall–Kier alpha value is -1.27. The summed E-state index contributed by atoms with van der Waals surface area (Å²) in [5, 5.41) is 11.0. The Kier molecular flexibility index (Phi) is 5.04. The molecule has 5 nitrogen and oxygen atoms in total. The molecule has 1 atom stereocenters. The molecule has 0 saturated heterocycles. The minimum Gasteiger partial charge on any atom is -0.313 e. The van der Waals surface area contributed by atoms with Gasteiger partial charge in [-0.05, 0) is 19.9 Å². The van der Waals surface area contributed by atoms with E-state index in [-0.39, 0.29) is 0 Å². The van der Waals surface area contributed by atoms with E-state index >= 15 is 0 Å². The molecule has 0 bridgehead atoms. The summed E-state index contributed by atoms with van der Waals surface area (Å²) in [4.78, 5) is 8.85. The molecule has 0 aliphatic rings. The van der Waals surface area contributed by atoms with Crippen LogP contribution in [0.5, 0.6) is 0 Å². The zero-order valence-electron chi connectivity index (χ0n) is 11.8. The van der Waals surface area contributed by atoms with E-state index in [0.29, 0.717) is 6.04 Å². The van der Waals surface area contributed by atoms with Crippen LogP contribution in [0, 0.1) is 6.92 Å². The Morgan fingerprint density at radius 3 is 2.84 bits per heavy atom. The minimum atomic E-state index is 0.365. The first kappa shape index (κ1) is 14.1. The first-order chi connectivity index (χ1) is 9.19. The van der Waals surface area contributed by atoms with Crippen LogP contribution in [0.3, 0.4) is 0 Å². The van der Waals surface area contributed by atoms with Gasteiger partial charge >= 0.3 is 0 Å². The van der Waals surface area contributed by atoms with E-state index in [1.54, 1.807) is 17.7 Å². The Balaban J connectivity index is 2.01. The van der Waals surface area contributed by atoms with E-state index in [0.717, 1.165) is 36.6 Å². The quantitative estimate of drug-likeness (QED) is 0.838. The van der Waals surface area contributed by atoms with Gasteiger partial charge in [0, 0.05) is 31.3 Å². The summed E-state index contributed by atoms with van der Waals surface area (Å²) in [6.45, 7) is 5.25. The van der Waals surface area contributed by atoms with Crippen LogP contribution in [0.15, 0.2) is 11.7 Å². The van der Waals surface area contributed by atoms with Crippen LogP contribution in [0.4, 0.5) is 0 Å². The summed E-state index contributed by atoms with van der Waals surface area (Å²) in [5.41, 5.74) is 1.17. The molecule has 0 radical (unpaired) electrons. The molecule has 0 aromatic carbocycles. The van der Waals surface area contributed by atoms with E-state index < -0.39 is 0 Å². The first-order valence-corrected chi connectivity index (χ1v) is 7.54. The topological polar surface area (TPSA) is 55.6 Å². The van der Waals surface area contributed by atoms with Crippen LogP contribution in [-0.4, -0.2) is 32.3 Å². The highest BCUT2D eigenvalue weighted by Crippen LogP contribution is 2.11.